The second-order valence-corrected chi connectivity index (χ2v) is 11.4. The molecule has 0 fully saturated rings. The molecule has 0 spiro atoms. The van der Waals surface area contributed by atoms with Gasteiger partial charge >= 0.3 is 5.97 Å². The zero-order chi connectivity index (χ0) is 32.3. The van der Waals surface area contributed by atoms with Crippen molar-refractivity contribution in [1.29, 1.82) is 0 Å². The number of anilines is 2. The number of nitrogens with one attached hydrogen (secondary N) is 1. The molecule has 11 heteroatoms. The Morgan fingerprint density at radius 2 is 2.04 bits per heavy atom. The van der Waals surface area contributed by atoms with Gasteiger partial charge < -0.3 is 35.2 Å². The Balaban J connectivity index is 1.65. The predicted molar refractivity (Wildman–Crippen MR) is 170 cm³/mol. The lowest BCUT2D eigenvalue weighted by atomic mass is 9.82. The Kier molecular flexibility index (Phi) is 9.10. The maximum Gasteiger partial charge on any atom is 0.333 e. The number of nitrogens with two attached hydrogens (primary N) is 1. The van der Waals surface area contributed by atoms with Crippen molar-refractivity contribution < 1.29 is 28.9 Å². The molecule has 0 aliphatic carbocycles. The number of ether oxygens (including phenoxy) is 2. The normalized spacial score (nSPS) is 17.9. The number of hydrogen-bond acceptors (Lipinski definition) is 11. The zero-order valence-electron chi connectivity index (χ0n) is 25.8. The Labute approximate surface area is 260 Å². The van der Waals surface area contributed by atoms with Gasteiger partial charge in [0.25, 0.3) is 0 Å². The first-order chi connectivity index (χ1) is 21.6. The fourth-order valence-corrected chi connectivity index (χ4v) is 5.55. The Morgan fingerprint density at radius 1 is 1.24 bits per heavy atom. The van der Waals surface area contributed by atoms with Gasteiger partial charge in [-0.05, 0) is 69.9 Å². The summed E-state index contributed by atoms with van der Waals surface area (Å²) in [4.78, 5) is 34.9. The van der Waals surface area contributed by atoms with E-state index < -0.39 is 29.7 Å². The van der Waals surface area contributed by atoms with Gasteiger partial charge in [-0.1, -0.05) is 12.1 Å². The van der Waals surface area contributed by atoms with Gasteiger partial charge in [-0.15, -0.1) is 0 Å². The van der Waals surface area contributed by atoms with Gasteiger partial charge in [-0.2, -0.15) is 0 Å². The van der Waals surface area contributed by atoms with Gasteiger partial charge in [0.1, 0.15) is 58.2 Å². The molecule has 0 saturated carbocycles. The summed E-state index contributed by atoms with van der Waals surface area (Å²) in [5.74, 6) is 0.640. The van der Waals surface area contributed by atoms with Crippen LogP contribution in [0.1, 0.15) is 62.1 Å². The average molecular weight is 615 g/mol. The fraction of sp³-hybridized carbons (Fsp3) is 0.353. The van der Waals surface area contributed by atoms with E-state index in [0.29, 0.717) is 41.1 Å². The first-order valence-electron chi connectivity index (χ1n) is 14.9. The molecule has 5 N–H and O–H groups in total. The minimum Gasteiger partial charge on any atom is -0.507 e. The third-order valence-corrected chi connectivity index (χ3v) is 8.23. The number of phenols is 1. The van der Waals surface area contributed by atoms with Crippen molar-refractivity contribution in [2.75, 3.05) is 17.6 Å². The molecule has 0 amide bonds. The molecular weight excluding hydrogens is 576 g/mol. The topological polar surface area (TPSA) is 170 Å². The molecule has 236 valence electrons. The van der Waals surface area contributed by atoms with Crippen LogP contribution in [-0.2, 0) is 35.4 Å². The van der Waals surface area contributed by atoms with Crippen LogP contribution < -0.4 is 21.2 Å². The molecule has 3 aromatic heterocycles. The number of nitrogen functional groups attached to an aromatic ring is 1. The summed E-state index contributed by atoms with van der Waals surface area (Å²) in [6, 6.07) is 8.54. The van der Waals surface area contributed by atoms with E-state index in [-0.39, 0.29) is 35.3 Å². The summed E-state index contributed by atoms with van der Waals surface area (Å²) in [5.41, 5.74) is 7.48. The van der Waals surface area contributed by atoms with Crippen molar-refractivity contribution in [3.63, 3.8) is 0 Å². The highest BCUT2D eigenvalue weighted by Gasteiger charge is 2.46. The second-order valence-electron chi connectivity index (χ2n) is 11.4. The molecule has 45 heavy (non-hydrogen) atoms. The number of aromatic hydroxyl groups is 1. The van der Waals surface area contributed by atoms with Crippen molar-refractivity contribution in [2.45, 2.75) is 71.7 Å². The summed E-state index contributed by atoms with van der Waals surface area (Å²) in [6.07, 6.45) is 5.53. The van der Waals surface area contributed by atoms with Crippen LogP contribution in [0.25, 0.3) is 11.0 Å². The number of nitrogens with zero attached hydrogens (tertiary/aromatic N) is 2. The highest BCUT2D eigenvalue weighted by Crippen LogP contribution is 2.48. The molecule has 0 bridgehead atoms. The van der Waals surface area contributed by atoms with E-state index in [1.807, 2.05) is 26.0 Å². The van der Waals surface area contributed by atoms with Crippen molar-refractivity contribution in [3.05, 3.63) is 92.6 Å². The highest BCUT2D eigenvalue weighted by atomic mass is 16.6. The summed E-state index contributed by atoms with van der Waals surface area (Å²) >= 11 is 0. The van der Waals surface area contributed by atoms with Gasteiger partial charge in [-0.25, -0.2) is 14.8 Å². The van der Waals surface area contributed by atoms with Crippen LogP contribution in [0.15, 0.2) is 63.6 Å². The van der Waals surface area contributed by atoms with Gasteiger partial charge in [0.15, 0.2) is 5.43 Å². The van der Waals surface area contributed by atoms with E-state index in [0.717, 1.165) is 29.6 Å². The smallest absolute Gasteiger partial charge is 0.333 e. The van der Waals surface area contributed by atoms with Crippen molar-refractivity contribution >= 4 is 28.6 Å². The van der Waals surface area contributed by atoms with Crippen LogP contribution in [0, 0.1) is 0 Å². The van der Waals surface area contributed by atoms with E-state index in [2.05, 4.69) is 15.3 Å². The number of aromatic nitrogens is 2. The molecule has 5 rings (SSSR count). The Hall–Kier alpha value is -4.90. The number of hydrogen-bond donors (Lipinski definition) is 4. The van der Waals surface area contributed by atoms with Crippen molar-refractivity contribution in [3.8, 4) is 11.5 Å². The number of fused-ring (bicyclic) bond motifs is 2. The van der Waals surface area contributed by atoms with E-state index in [4.69, 9.17) is 19.6 Å². The number of carbonyl (C=O) groups excluding carboxylic acids is 1. The highest BCUT2D eigenvalue weighted by molar-refractivity contribution is 5.91. The summed E-state index contributed by atoms with van der Waals surface area (Å²) in [6.45, 7) is 7.54. The summed E-state index contributed by atoms with van der Waals surface area (Å²) in [7, 11) is 0. The molecular formula is C34H38N4O7. The van der Waals surface area contributed by atoms with E-state index in [9.17, 15) is 19.8 Å². The number of aliphatic hydroxyl groups excluding tert-OH is 1. The Bertz CT molecular complexity index is 1820. The quantitative estimate of drug-likeness (QED) is 0.146. The molecule has 0 saturated heterocycles. The lowest BCUT2D eigenvalue weighted by Gasteiger charge is -2.43. The first kappa shape index (κ1) is 31.5. The fourth-order valence-electron chi connectivity index (χ4n) is 5.55. The molecule has 0 radical (unpaired) electrons. The molecule has 1 aliphatic heterocycles. The second kappa shape index (κ2) is 13.0. The number of aryl methyl sites for hydroxylation is 1. The number of aliphatic hydroxyl groups is 1. The van der Waals surface area contributed by atoms with Crippen LogP contribution in [0.4, 0.5) is 11.6 Å². The summed E-state index contributed by atoms with van der Waals surface area (Å²) < 4.78 is 18.8. The molecule has 4 aromatic rings. The largest absolute Gasteiger partial charge is 0.507 e. The number of benzene rings is 1. The zero-order valence-corrected chi connectivity index (χ0v) is 25.8. The number of rotatable bonds is 10. The summed E-state index contributed by atoms with van der Waals surface area (Å²) in [5, 5.41) is 24.5. The average Bonchev–Trinajstić information content (AvgIpc) is 3.02. The first-order valence-corrected chi connectivity index (χ1v) is 14.9. The molecule has 1 aliphatic rings. The number of phenolic OH excluding ortho intramolecular Hbond substituents is 1. The van der Waals surface area contributed by atoms with Gasteiger partial charge in [0, 0.05) is 54.5 Å². The minimum atomic E-state index is -1.06. The monoisotopic (exact) mass is 614 g/mol. The van der Waals surface area contributed by atoms with Crippen LogP contribution >= 0.6 is 0 Å². The van der Waals surface area contributed by atoms with Gasteiger partial charge in [0.2, 0.25) is 0 Å². The lowest BCUT2D eigenvalue weighted by Crippen LogP contribution is -2.51. The maximum absolute atomic E-state index is 13.3. The molecule has 2 atom stereocenters. The number of allylic oxidation sites excluding steroid dienone is 1. The van der Waals surface area contributed by atoms with Crippen molar-refractivity contribution in [2.24, 2.45) is 0 Å². The number of pyridine rings is 2. The van der Waals surface area contributed by atoms with Crippen LogP contribution in [0.3, 0.4) is 0 Å². The van der Waals surface area contributed by atoms with Crippen LogP contribution in [0.2, 0.25) is 0 Å². The van der Waals surface area contributed by atoms with E-state index in [1.165, 1.54) is 0 Å². The van der Waals surface area contributed by atoms with E-state index in [1.54, 1.807) is 44.4 Å². The van der Waals surface area contributed by atoms with Crippen molar-refractivity contribution in [1.82, 2.24) is 9.97 Å². The van der Waals surface area contributed by atoms with Gasteiger partial charge in [-0.3, -0.25) is 4.79 Å². The Morgan fingerprint density at radius 3 is 2.71 bits per heavy atom. The minimum absolute atomic E-state index is 0.0445. The molecule has 11 nitrogen and oxygen atoms in total. The predicted octanol–water partition coefficient (Wildman–Crippen LogP) is 4.59. The standard InChI is InChI=1S/C34H38N4O7/c1-5-19(3)33(42)44-26-16-23-30(41)29-25(40)15-22(18-39)43-32(29)24(13-21-10-12-37-27(35)14-21)31(23)45-34(26,4)11-9-20-7-8-28(36-6-2)38-17-20/h5,7-8,10,12,14-15,17,26,39,41H,6,9,11,13,16,18H2,1-4H3,(H2,35,37)(H,36,38)/b19-5-/t26-,34+/m1/s1. The van der Waals surface area contributed by atoms with E-state index >= 15 is 0 Å². The van der Waals surface area contributed by atoms with Gasteiger partial charge in [0.05, 0.1) is 0 Å². The number of carbonyl (C=O) groups is 1. The van der Waals surface area contributed by atoms with Crippen LogP contribution in [0.5, 0.6) is 11.5 Å². The molecule has 1 aromatic carbocycles. The van der Waals surface area contributed by atoms with Crippen LogP contribution in [-0.4, -0.2) is 44.4 Å². The number of esters is 1. The lowest BCUT2D eigenvalue weighted by molar-refractivity contribution is -0.158. The third kappa shape index (κ3) is 6.48. The SMILES string of the molecule is C/C=C(/C)C(=O)O[C@@H]1Cc2c(c(Cc3ccnc(N)c3)c3oc(CO)cc(=O)c3c2O)O[C@@]1(C)CCc1ccc(NCC)nc1. The third-order valence-electron chi connectivity index (χ3n) is 8.23. The molecule has 0 unspecified atom stereocenters. The maximum atomic E-state index is 13.3. The molecule has 4 heterocycles.